The van der Waals surface area contributed by atoms with Gasteiger partial charge in [-0.05, 0) is 37.6 Å². The normalized spacial score (nSPS) is 17.7. The molecule has 0 spiro atoms. The predicted octanol–water partition coefficient (Wildman–Crippen LogP) is 3.21. The summed E-state index contributed by atoms with van der Waals surface area (Å²) in [6, 6.07) is 10.0. The van der Waals surface area contributed by atoms with Gasteiger partial charge >= 0.3 is 0 Å². The molecule has 0 amide bonds. The molecule has 1 atom stereocenters. The van der Waals surface area contributed by atoms with Gasteiger partial charge in [0.1, 0.15) is 6.07 Å². The van der Waals surface area contributed by atoms with Gasteiger partial charge in [0.2, 0.25) is 5.95 Å². The van der Waals surface area contributed by atoms with Crippen LogP contribution in [0.3, 0.4) is 0 Å². The number of aliphatic hydroxyl groups is 1. The van der Waals surface area contributed by atoms with Gasteiger partial charge in [0.15, 0.2) is 5.82 Å². The molecule has 1 aromatic carbocycles. The molecule has 0 aliphatic carbocycles. The molecule has 4 rings (SSSR count). The highest BCUT2D eigenvalue weighted by Gasteiger charge is 2.35. The maximum absolute atomic E-state index is 9.88. The monoisotopic (exact) mass is 389 g/mol. The summed E-state index contributed by atoms with van der Waals surface area (Å²) in [5.41, 5.74) is 3.32. The minimum atomic E-state index is -0.436. The van der Waals surface area contributed by atoms with Crippen LogP contribution in [0.4, 0.5) is 17.5 Å². The quantitative estimate of drug-likeness (QED) is 0.614. The van der Waals surface area contributed by atoms with Gasteiger partial charge in [-0.2, -0.15) is 10.4 Å². The van der Waals surface area contributed by atoms with Gasteiger partial charge in [0.05, 0.1) is 23.6 Å². The predicted molar refractivity (Wildman–Crippen MR) is 111 cm³/mol. The molecule has 0 fully saturated rings. The summed E-state index contributed by atoms with van der Waals surface area (Å²) >= 11 is 0. The third-order valence-corrected chi connectivity index (χ3v) is 5.24. The van der Waals surface area contributed by atoms with Crippen LogP contribution < -0.4 is 10.6 Å². The van der Waals surface area contributed by atoms with Gasteiger partial charge in [-0.3, -0.25) is 4.68 Å². The summed E-state index contributed by atoms with van der Waals surface area (Å²) in [7, 11) is 0. The van der Waals surface area contributed by atoms with E-state index in [0.717, 1.165) is 16.8 Å². The van der Waals surface area contributed by atoms with Crippen molar-refractivity contribution in [1.29, 1.82) is 5.26 Å². The number of nitrogens with one attached hydrogen (secondary N) is 2. The third kappa shape index (κ3) is 3.41. The van der Waals surface area contributed by atoms with Gasteiger partial charge in [-0.15, -0.1) is 0 Å². The Bertz CT molecular complexity index is 1100. The second-order valence-electron chi connectivity index (χ2n) is 7.80. The first-order valence-corrected chi connectivity index (χ1v) is 9.52. The van der Waals surface area contributed by atoms with E-state index < -0.39 is 5.41 Å². The average molecular weight is 389 g/mol. The van der Waals surface area contributed by atoms with Crippen LogP contribution in [-0.4, -0.2) is 38.0 Å². The summed E-state index contributed by atoms with van der Waals surface area (Å²) in [6.07, 6.45) is 3.58. The minimum Gasteiger partial charge on any atom is -0.395 e. The Morgan fingerprint density at radius 3 is 2.90 bits per heavy atom. The number of rotatable bonds is 5. The van der Waals surface area contributed by atoms with Gasteiger partial charge in [-0.25, -0.2) is 9.97 Å². The van der Waals surface area contributed by atoms with Crippen molar-refractivity contribution in [2.75, 3.05) is 23.8 Å². The molecule has 3 heterocycles. The summed E-state index contributed by atoms with van der Waals surface area (Å²) in [5, 5.41) is 30.3. The zero-order valence-electron chi connectivity index (χ0n) is 16.6. The van der Waals surface area contributed by atoms with E-state index in [-0.39, 0.29) is 12.6 Å². The number of nitriles is 1. The fourth-order valence-corrected chi connectivity index (χ4v) is 3.45. The van der Waals surface area contributed by atoms with E-state index in [1.54, 1.807) is 12.3 Å². The van der Waals surface area contributed by atoms with Crippen LogP contribution in [-0.2, 0) is 5.41 Å². The first-order valence-electron chi connectivity index (χ1n) is 9.52. The zero-order chi connectivity index (χ0) is 20.6. The molecular formula is C21H23N7O. The molecule has 1 unspecified atom stereocenters. The Morgan fingerprint density at radius 1 is 1.38 bits per heavy atom. The number of hydrogen-bond acceptors (Lipinski definition) is 7. The molecule has 0 saturated carbocycles. The smallest absolute Gasteiger partial charge is 0.228 e. The van der Waals surface area contributed by atoms with Crippen molar-refractivity contribution in [3.63, 3.8) is 0 Å². The van der Waals surface area contributed by atoms with E-state index in [0.29, 0.717) is 29.6 Å². The number of aromatic nitrogens is 4. The largest absolute Gasteiger partial charge is 0.395 e. The van der Waals surface area contributed by atoms with Gasteiger partial charge in [0, 0.05) is 42.0 Å². The maximum Gasteiger partial charge on any atom is 0.228 e. The Balaban J connectivity index is 1.70. The van der Waals surface area contributed by atoms with Gasteiger partial charge < -0.3 is 15.7 Å². The van der Waals surface area contributed by atoms with Crippen LogP contribution >= 0.6 is 0 Å². The second kappa shape index (κ2) is 7.18. The summed E-state index contributed by atoms with van der Waals surface area (Å²) in [5.74, 6) is 1.10. The molecule has 2 aromatic heterocycles. The van der Waals surface area contributed by atoms with Crippen LogP contribution in [0.15, 0.2) is 36.7 Å². The number of hydrogen-bond donors (Lipinski definition) is 3. The van der Waals surface area contributed by atoms with Crippen molar-refractivity contribution in [3.8, 4) is 17.3 Å². The first-order chi connectivity index (χ1) is 13.9. The van der Waals surface area contributed by atoms with E-state index in [2.05, 4.69) is 45.6 Å². The van der Waals surface area contributed by atoms with E-state index >= 15 is 0 Å². The van der Waals surface area contributed by atoms with E-state index in [1.807, 2.05) is 36.0 Å². The topological polar surface area (TPSA) is 112 Å². The standard InChI is InChI=1S/C21H23N7O/c1-13(2)28-7-5-18(27-28)26-20-23-6-4-17(25-20)14-8-15(10-22)19-16(9-14)21(3,12-29)11-24-19/h4-9,13,24,29H,11-12H2,1-3H3,(H,23,25,26,27). The minimum absolute atomic E-state index is 0.00356. The van der Waals surface area contributed by atoms with Crippen LogP contribution in [0, 0.1) is 11.3 Å². The lowest BCUT2D eigenvalue weighted by Crippen LogP contribution is -2.28. The lowest BCUT2D eigenvalue weighted by Gasteiger charge is -2.21. The lowest BCUT2D eigenvalue weighted by molar-refractivity contribution is 0.219. The number of benzene rings is 1. The van der Waals surface area contributed by atoms with Crippen molar-refractivity contribution in [2.24, 2.45) is 0 Å². The van der Waals surface area contributed by atoms with E-state index in [1.165, 1.54) is 0 Å². The van der Waals surface area contributed by atoms with Crippen molar-refractivity contribution in [2.45, 2.75) is 32.2 Å². The molecule has 0 bridgehead atoms. The Kier molecular flexibility index (Phi) is 4.68. The number of fused-ring (bicyclic) bond motifs is 1. The number of nitrogens with zero attached hydrogens (tertiary/aromatic N) is 5. The molecule has 3 N–H and O–H groups in total. The molecule has 8 heteroatoms. The molecule has 1 aliphatic rings. The second-order valence-corrected chi connectivity index (χ2v) is 7.80. The summed E-state index contributed by atoms with van der Waals surface area (Å²) < 4.78 is 1.86. The molecule has 1 aliphatic heterocycles. The van der Waals surface area contributed by atoms with Crippen molar-refractivity contribution >= 4 is 17.5 Å². The van der Waals surface area contributed by atoms with Crippen LogP contribution in [0.2, 0.25) is 0 Å². The third-order valence-electron chi connectivity index (χ3n) is 5.24. The van der Waals surface area contributed by atoms with Gasteiger partial charge in [-0.1, -0.05) is 6.92 Å². The molecule has 29 heavy (non-hydrogen) atoms. The lowest BCUT2D eigenvalue weighted by atomic mass is 9.83. The van der Waals surface area contributed by atoms with Crippen molar-refractivity contribution < 1.29 is 5.11 Å². The fraction of sp³-hybridized carbons (Fsp3) is 0.333. The van der Waals surface area contributed by atoms with Crippen molar-refractivity contribution in [1.82, 2.24) is 19.7 Å². The SMILES string of the molecule is CC(C)n1ccc(Nc2nccc(-c3cc(C#N)c4c(c3)C(C)(CO)CN4)n2)n1. The molecule has 0 radical (unpaired) electrons. The van der Waals surface area contributed by atoms with Crippen LogP contribution in [0.1, 0.15) is 37.9 Å². The molecule has 148 valence electrons. The van der Waals surface area contributed by atoms with E-state index in [4.69, 9.17) is 0 Å². The first kappa shape index (κ1) is 18.9. The molecule has 0 saturated heterocycles. The van der Waals surface area contributed by atoms with Crippen molar-refractivity contribution in [3.05, 3.63) is 47.8 Å². The Labute approximate surface area is 169 Å². The Morgan fingerprint density at radius 2 is 2.21 bits per heavy atom. The van der Waals surface area contributed by atoms with E-state index in [9.17, 15) is 10.4 Å². The van der Waals surface area contributed by atoms with Gasteiger partial charge in [0.25, 0.3) is 0 Å². The molecule has 3 aromatic rings. The number of anilines is 3. The van der Waals surface area contributed by atoms with Crippen LogP contribution in [0.25, 0.3) is 11.3 Å². The van der Waals surface area contributed by atoms with Crippen LogP contribution in [0.5, 0.6) is 0 Å². The highest BCUT2D eigenvalue weighted by Crippen LogP contribution is 2.41. The maximum atomic E-state index is 9.88. The summed E-state index contributed by atoms with van der Waals surface area (Å²) in [4.78, 5) is 8.89. The molecular weight excluding hydrogens is 366 g/mol. The highest BCUT2D eigenvalue weighted by atomic mass is 16.3. The summed E-state index contributed by atoms with van der Waals surface area (Å²) in [6.45, 7) is 6.68. The fourth-order valence-electron chi connectivity index (χ4n) is 3.45. The average Bonchev–Trinajstić information content (AvgIpc) is 3.33. The Hall–Kier alpha value is -3.44. The highest BCUT2D eigenvalue weighted by molar-refractivity contribution is 5.76. The zero-order valence-corrected chi connectivity index (χ0v) is 16.6. The number of aliphatic hydroxyl groups excluding tert-OH is 1. The molecule has 8 nitrogen and oxygen atoms in total.